The van der Waals surface area contributed by atoms with E-state index in [2.05, 4.69) is 11.9 Å². The standard InChI is InChI=1S/C23H27NO5/c1-5-8-17-11-12-19(20(13-17)27-4)28-15-22(26)29-14-21(25)24-23-16(3)9-7-10-18(23)6-2/h5,7,9-13H,1,6,8,14-15H2,2-4H3,(H,24,25). The van der Waals surface area contributed by atoms with Gasteiger partial charge in [-0.15, -0.1) is 6.58 Å². The molecule has 0 aliphatic rings. The molecule has 0 heterocycles. The van der Waals surface area contributed by atoms with Gasteiger partial charge in [0.25, 0.3) is 5.91 Å². The molecule has 0 spiro atoms. The topological polar surface area (TPSA) is 73.9 Å². The number of aryl methyl sites for hydroxylation is 2. The fraction of sp³-hybridized carbons (Fsp3) is 0.304. The molecule has 29 heavy (non-hydrogen) atoms. The zero-order valence-corrected chi connectivity index (χ0v) is 17.1. The second kappa shape index (κ2) is 10.9. The molecule has 0 fully saturated rings. The van der Waals surface area contributed by atoms with E-state index in [1.807, 2.05) is 44.2 Å². The molecule has 0 saturated carbocycles. The van der Waals surface area contributed by atoms with E-state index in [-0.39, 0.29) is 13.2 Å². The molecule has 0 radical (unpaired) electrons. The van der Waals surface area contributed by atoms with Gasteiger partial charge in [0.1, 0.15) is 0 Å². The third-order valence-electron chi connectivity index (χ3n) is 4.32. The maximum absolute atomic E-state index is 12.2. The predicted molar refractivity (Wildman–Crippen MR) is 113 cm³/mol. The van der Waals surface area contributed by atoms with Crippen LogP contribution in [0.25, 0.3) is 0 Å². The molecule has 6 nitrogen and oxygen atoms in total. The van der Waals surface area contributed by atoms with Crippen molar-refractivity contribution in [3.8, 4) is 11.5 Å². The molecule has 2 aromatic carbocycles. The van der Waals surface area contributed by atoms with Crippen LogP contribution in [0, 0.1) is 6.92 Å². The first-order valence-corrected chi connectivity index (χ1v) is 9.43. The molecule has 0 saturated heterocycles. The van der Waals surface area contributed by atoms with Crippen LogP contribution >= 0.6 is 0 Å². The Morgan fingerprint density at radius 3 is 2.62 bits per heavy atom. The summed E-state index contributed by atoms with van der Waals surface area (Å²) in [6.07, 6.45) is 3.28. The van der Waals surface area contributed by atoms with E-state index in [1.54, 1.807) is 12.1 Å². The minimum absolute atomic E-state index is 0.324. The van der Waals surface area contributed by atoms with Crippen molar-refractivity contribution in [3.63, 3.8) is 0 Å². The van der Waals surface area contributed by atoms with Gasteiger partial charge in [0, 0.05) is 5.69 Å². The van der Waals surface area contributed by atoms with Crippen molar-refractivity contribution >= 4 is 17.6 Å². The zero-order chi connectivity index (χ0) is 21.2. The van der Waals surface area contributed by atoms with Gasteiger partial charge in [-0.3, -0.25) is 4.79 Å². The lowest BCUT2D eigenvalue weighted by Crippen LogP contribution is -2.24. The van der Waals surface area contributed by atoms with Gasteiger partial charge < -0.3 is 19.5 Å². The second-order valence-electron chi connectivity index (χ2n) is 6.44. The minimum Gasteiger partial charge on any atom is -0.493 e. The third kappa shape index (κ3) is 6.38. The van der Waals surface area contributed by atoms with E-state index in [0.29, 0.717) is 17.9 Å². The van der Waals surface area contributed by atoms with E-state index in [0.717, 1.165) is 28.8 Å². The maximum Gasteiger partial charge on any atom is 0.344 e. The number of benzene rings is 2. The zero-order valence-electron chi connectivity index (χ0n) is 17.1. The third-order valence-corrected chi connectivity index (χ3v) is 4.32. The first kappa shape index (κ1) is 22.0. The second-order valence-corrected chi connectivity index (χ2v) is 6.44. The minimum atomic E-state index is -0.641. The van der Waals surface area contributed by atoms with E-state index >= 15 is 0 Å². The Kier molecular flexibility index (Phi) is 8.27. The molecular weight excluding hydrogens is 370 g/mol. The van der Waals surface area contributed by atoms with Crippen LogP contribution in [0.15, 0.2) is 49.1 Å². The quantitative estimate of drug-likeness (QED) is 0.487. The first-order valence-electron chi connectivity index (χ1n) is 9.43. The number of anilines is 1. The maximum atomic E-state index is 12.2. The Balaban J connectivity index is 1.86. The fourth-order valence-electron chi connectivity index (χ4n) is 2.83. The number of carbonyl (C=O) groups excluding carboxylic acids is 2. The number of rotatable bonds is 10. The van der Waals surface area contributed by atoms with Crippen LogP contribution in [0.1, 0.15) is 23.6 Å². The molecule has 154 valence electrons. The summed E-state index contributed by atoms with van der Waals surface area (Å²) < 4.78 is 15.8. The summed E-state index contributed by atoms with van der Waals surface area (Å²) in [5.74, 6) is -0.0951. The largest absolute Gasteiger partial charge is 0.493 e. The molecule has 0 aliphatic carbocycles. The van der Waals surface area contributed by atoms with Crippen LogP contribution in [0.2, 0.25) is 0 Å². The average Bonchev–Trinajstić information content (AvgIpc) is 2.72. The lowest BCUT2D eigenvalue weighted by Gasteiger charge is -2.13. The molecule has 6 heteroatoms. The molecule has 0 unspecified atom stereocenters. The van der Waals surface area contributed by atoms with Gasteiger partial charge in [-0.25, -0.2) is 4.79 Å². The lowest BCUT2D eigenvalue weighted by molar-refractivity contribution is -0.149. The van der Waals surface area contributed by atoms with Crippen molar-refractivity contribution in [2.45, 2.75) is 26.7 Å². The number of nitrogens with one attached hydrogen (secondary N) is 1. The van der Waals surface area contributed by atoms with E-state index < -0.39 is 11.9 Å². The number of allylic oxidation sites excluding steroid dienone is 1. The van der Waals surface area contributed by atoms with Gasteiger partial charge in [0.2, 0.25) is 0 Å². The molecule has 0 aliphatic heterocycles. The number of amides is 1. The SMILES string of the molecule is C=CCc1ccc(OCC(=O)OCC(=O)Nc2c(C)cccc2CC)c(OC)c1. The van der Waals surface area contributed by atoms with Gasteiger partial charge >= 0.3 is 5.97 Å². The highest BCUT2D eigenvalue weighted by Crippen LogP contribution is 2.28. The smallest absolute Gasteiger partial charge is 0.344 e. The molecular formula is C23H27NO5. The van der Waals surface area contributed by atoms with Crippen molar-refractivity contribution < 1.29 is 23.8 Å². The summed E-state index contributed by atoms with van der Waals surface area (Å²) in [7, 11) is 1.53. The number of hydrogen-bond donors (Lipinski definition) is 1. The predicted octanol–water partition coefficient (Wildman–Crippen LogP) is 3.86. The average molecular weight is 397 g/mol. The summed E-state index contributed by atoms with van der Waals surface area (Å²) in [4.78, 5) is 24.1. The van der Waals surface area contributed by atoms with Crippen LogP contribution in [0.3, 0.4) is 0 Å². The van der Waals surface area contributed by atoms with Gasteiger partial charge in [-0.1, -0.05) is 37.3 Å². The van der Waals surface area contributed by atoms with Gasteiger partial charge in [0.05, 0.1) is 7.11 Å². The number of methoxy groups -OCH3 is 1. The molecule has 0 atom stereocenters. The monoisotopic (exact) mass is 397 g/mol. The van der Waals surface area contributed by atoms with Crippen LogP contribution < -0.4 is 14.8 Å². The highest BCUT2D eigenvalue weighted by Gasteiger charge is 2.13. The van der Waals surface area contributed by atoms with Gasteiger partial charge in [0.15, 0.2) is 24.7 Å². The van der Waals surface area contributed by atoms with Crippen molar-refractivity contribution in [1.29, 1.82) is 0 Å². The van der Waals surface area contributed by atoms with Crippen LogP contribution in [-0.4, -0.2) is 32.2 Å². The fourth-order valence-corrected chi connectivity index (χ4v) is 2.83. The van der Waals surface area contributed by atoms with E-state index in [4.69, 9.17) is 14.2 Å². The summed E-state index contributed by atoms with van der Waals surface area (Å²) in [5.41, 5.74) is 3.77. The molecule has 1 amide bonds. The number of ether oxygens (including phenoxy) is 3. The van der Waals surface area contributed by atoms with Crippen molar-refractivity contribution in [2.75, 3.05) is 25.6 Å². The van der Waals surface area contributed by atoms with Crippen molar-refractivity contribution in [2.24, 2.45) is 0 Å². The Labute approximate surface area is 171 Å². The molecule has 1 N–H and O–H groups in total. The summed E-state index contributed by atoms with van der Waals surface area (Å²) in [6, 6.07) is 11.2. The first-order chi connectivity index (χ1) is 14.0. The van der Waals surface area contributed by atoms with Crippen LogP contribution in [-0.2, 0) is 27.2 Å². The number of hydrogen-bond acceptors (Lipinski definition) is 5. The number of carbonyl (C=O) groups is 2. The van der Waals surface area contributed by atoms with Gasteiger partial charge in [-0.05, 0) is 48.6 Å². The van der Waals surface area contributed by atoms with Crippen LogP contribution in [0.4, 0.5) is 5.69 Å². The highest BCUT2D eigenvalue weighted by molar-refractivity contribution is 5.94. The lowest BCUT2D eigenvalue weighted by atomic mass is 10.1. The van der Waals surface area contributed by atoms with Crippen molar-refractivity contribution in [3.05, 3.63) is 65.7 Å². The van der Waals surface area contributed by atoms with Crippen LogP contribution in [0.5, 0.6) is 11.5 Å². The summed E-state index contributed by atoms with van der Waals surface area (Å²) in [6.45, 7) is 6.93. The Bertz CT molecular complexity index is 876. The number of esters is 1. The Morgan fingerprint density at radius 1 is 1.14 bits per heavy atom. The van der Waals surface area contributed by atoms with Gasteiger partial charge in [-0.2, -0.15) is 0 Å². The Morgan fingerprint density at radius 2 is 1.93 bits per heavy atom. The summed E-state index contributed by atoms with van der Waals surface area (Å²) >= 11 is 0. The molecule has 0 bridgehead atoms. The van der Waals surface area contributed by atoms with E-state index in [9.17, 15) is 9.59 Å². The van der Waals surface area contributed by atoms with E-state index in [1.165, 1.54) is 7.11 Å². The van der Waals surface area contributed by atoms with Crippen molar-refractivity contribution in [1.82, 2.24) is 0 Å². The summed E-state index contributed by atoms with van der Waals surface area (Å²) in [5, 5.41) is 2.81. The molecule has 0 aromatic heterocycles. The normalized spacial score (nSPS) is 10.2. The Hall–Kier alpha value is -3.28. The highest BCUT2D eigenvalue weighted by atomic mass is 16.6. The molecule has 2 aromatic rings. The molecule has 2 rings (SSSR count). The number of para-hydroxylation sites is 1.